The van der Waals surface area contributed by atoms with Gasteiger partial charge in [0.15, 0.2) is 0 Å². The molecule has 0 aliphatic carbocycles. The predicted molar refractivity (Wildman–Crippen MR) is 78.6 cm³/mol. The van der Waals surface area contributed by atoms with Crippen LogP contribution >= 0.6 is 0 Å². The Bertz CT molecular complexity index is 709. The maximum absolute atomic E-state index is 13.0. The smallest absolute Gasteiger partial charge is 0.460 e. The summed E-state index contributed by atoms with van der Waals surface area (Å²) in [4.78, 5) is 33.3. The van der Waals surface area contributed by atoms with Gasteiger partial charge < -0.3 is 14.2 Å². The molecule has 21 heteroatoms. The Hall–Kier alpha value is -2.64. The Morgan fingerprint density at radius 1 is 0.472 bits per heavy atom. The monoisotopic (exact) mass is 572 g/mol. The predicted octanol–water partition coefficient (Wildman–Crippen LogP) is 4.61. The Kier molecular flexibility index (Phi) is 9.62. The van der Waals surface area contributed by atoms with E-state index in [-0.39, 0.29) is 0 Å². The molecule has 0 N–H and O–H groups in total. The minimum absolute atomic E-state index is 0.696. The molecule has 0 aromatic rings. The molecule has 0 rings (SSSR count). The van der Waals surface area contributed by atoms with Gasteiger partial charge in [-0.1, -0.05) is 6.92 Å². The SMILES string of the molecule is CCC(COC(=O)C(F)(F)C(F)(F)F)(COC(=O)C(F)(F)C(F)(F)F)COC(=O)C(F)(F)C(F)(F)F. The zero-order valence-corrected chi connectivity index (χ0v) is 16.9. The number of halogens is 15. The first kappa shape index (κ1) is 33.4. The molecule has 6 nitrogen and oxygen atoms in total. The lowest BCUT2D eigenvalue weighted by atomic mass is 9.88. The van der Waals surface area contributed by atoms with Gasteiger partial charge in [0, 0.05) is 0 Å². The average molecular weight is 572 g/mol. The van der Waals surface area contributed by atoms with E-state index in [2.05, 4.69) is 14.2 Å². The summed E-state index contributed by atoms with van der Waals surface area (Å²) in [6.07, 6.45) is -20.9. The molecule has 36 heavy (non-hydrogen) atoms. The quantitative estimate of drug-likeness (QED) is 0.216. The van der Waals surface area contributed by atoms with Gasteiger partial charge in [-0.2, -0.15) is 65.9 Å². The third-order valence-electron chi connectivity index (χ3n) is 4.12. The summed E-state index contributed by atoms with van der Waals surface area (Å²) in [5, 5.41) is 0. The third-order valence-corrected chi connectivity index (χ3v) is 4.12. The first-order valence-electron chi connectivity index (χ1n) is 8.55. The lowest BCUT2D eigenvalue weighted by Gasteiger charge is -2.32. The second kappa shape index (κ2) is 10.4. The van der Waals surface area contributed by atoms with Crippen LogP contribution in [-0.2, 0) is 28.6 Å². The number of esters is 3. The lowest BCUT2D eigenvalue weighted by Crippen LogP contribution is -2.50. The molecule has 0 aliphatic heterocycles. The molecule has 0 aromatic carbocycles. The largest absolute Gasteiger partial charge is 0.465 e. The first-order chi connectivity index (χ1) is 15.7. The highest BCUT2D eigenvalue weighted by molar-refractivity contribution is 5.79. The van der Waals surface area contributed by atoms with Crippen LogP contribution in [0.1, 0.15) is 13.3 Å². The maximum Gasteiger partial charge on any atom is 0.465 e. The molecular weight excluding hydrogens is 561 g/mol. The van der Waals surface area contributed by atoms with E-state index in [1.807, 2.05) is 0 Å². The summed E-state index contributed by atoms with van der Waals surface area (Å²) < 4.78 is 198. The second-order valence-corrected chi connectivity index (χ2v) is 6.80. The van der Waals surface area contributed by atoms with Crippen LogP contribution in [0, 0.1) is 5.41 Å². The van der Waals surface area contributed by atoms with Crippen LogP contribution in [-0.4, -0.2) is 74.0 Å². The second-order valence-electron chi connectivity index (χ2n) is 6.80. The average Bonchev–Trinajstić information content (AvgIpc) is 2.70. The van der Waals surface area contributed by atoms with Crippen LogP contribution in [0.2, 0.25) is 0 Å². The van der Waals surface area contributed by atoms with Crippen LogP contribution in [0.25, 0.3) is 0 Å². The molecule has 0 saturated heterocycles. The van der Waals surface area contributed by atoms with Gasteiger partial charge in [0.2, 0.25) is 0 Å². The van der Waals surface area contributed by atoms with Gasteiger partial charge in [-0.25, -0.2) is 14.4 Å². The van der Waals surface area contributed by atoms with Gasteiger partial charge >= 0.3 is 54.2 Å². The standard InChI is InChI=1S/C15H11F15O6/c1-2-9(3-34-6(31)10(16,17)13(22,23)24,4-35-7(32)11(18,19)14(25,26)27)5-36-8(33)12(20,21)15(28,29)30/h2-5H2,1H3. The number of hydrogen-bond acceptors (Lipinski definition) is 6. The van der Waals surface area contributed by atoms with Crippen molar-refractivity contribution in [1.82, 2.24) is 0 Å². The van der Waals surface area contributed by atoms with Crippen molar-refractivity contribution in [2.45, 2.75) is 49.6 Å². The number of hydrogen-bond donors (Lipinski definition) is 0. The Morgan fingerprint density at radius 2 is 0.667 bits per heavy atom. The van der Waals surface area contributed by atoms with Gasteiger partial charge in [0.1, 0.15) is 19.8 Å². The van der Waals surface area contributed by atoms with E-state index >= 15 is 0 Å². The number of rotatable bonds is 10. The maximum atomic E-state index is 13.0. The summed E-state index contributed by atoms with van der Waals surface area (Å²) in [6.45, 7) is -5.46. The molecule has 0 unspecified atom stereocenters. The molecule has 0 amide bonds. The molecule has 0 radical (unpaired) electrons. The lowest BCUT2D eigenvalue weighted by molar-refractivity contribution is -0.285. The molecule has 0 atom stereocenters. The van der Waals surface area contributed by atoms with E-state index < -0.39 is 85.9 Å². The molecule has 0 bridgehead atoms. The number of ether oxygens (including phenoxy) is 3. The fourth-order valence-electron chi connectivity index (χ4n) is 1.71. The van der Waals surface area contributed by atoms with Gasteiger partial charge in [0.25, 0.3) is 0 Å². The van der Waals surface area contributed by atoms with Crippen LogP contribution in [0.3, 0.4) is 0 Å². The number of carbonyl (C=O) groups is 3. The number of carbonyl (C=O) groups excluding carboxylic acids is 3. The van der Waals surface area contributed by atoms with Gasteiger partial charge in [-0.15, -0.1) is 0 Å². The van der Waals surface area contributed by atoms with Crippen molar-refractivity contribution in [2.24, 2.45) is 5.41 Å². The zero-order chi connectivity index (χ0) is 29.2. The Balaban J connectivity index is 5.98. The highest BCUT2D eigenvalue weighted by Crippen LogP contribution is 2.40. The van der Waals surface area contributed by atoms with E-state index in [4.69, 9.17) is 0 Å². The molecular formula is C15H11F15O6. The minimum atomic E-state index is -6.60. The fraction of sp³-hybridized carbons (Fsp3) is 0.800. The molecule has 0 saturated carbocycles. The van der Waals surface area contributed by atoms with E-state index in [1.165, 1.54) is 0 Å². The van der Waals surface area contributed by atoms with Crippen LogP contribution in [0.5, 0.6) is 0 Å². The van der Waals surface area contributed by atoms with E-state index in [0.717, 1.165) is 0 Å². The van der Waals surface area contributed by atoms with Crippen LogP contribution in [0.4, 0.5) is 65.9 Å². The first-order valence-corrected chi connectivity index (χ1v) is 8.55. The normalized spacial score (nSPS) is 14.3. The number of alkyl halides is 15. The summed E-state index contributed by atoms with van der Waals surface area (Å²) >= 11 is 0. The minimum Gasteiger partial charge on any atom is -0.460 e. The van der Waals surface area contributed by atoms with Crippen molar-refractivity contribution in [3.8, 4) is 0 Å². The summed E-state index contributed by atoms with van der Waals surface area (Å²) in [7, 11) is 0. The van der Waals surface area contributed by atoms with E-state index in [0.29, 0.717) is 6.92 Å². The molecule has 0 fully saturated rings. The molecule has 0 aliphatic rings. The van der Waals surface area contributed by atoms with Crippen LogP contribution < -0.4 is 0 Å². The highest BCUT2D eigenvalue weighted by Gasteiger charge is 2.67. The summed E-state index contributed by atoms with van der Waals surface area (Å²) in [6, 6.07) is 0. The van der Waals surface area contributed by atoms with Crippen molar-refractivity contribution in [1.29, 1.82) is 0 Å². The van der Waals surface area contributed by atoms with Gasteiger partial charge in [0.05, 0.1) is 5.41 Å². The summed E-state index contributed by atoms with van der Waals surface area (Å²) in [5.74, 6) is -29.2. The topological polar surface area (TPSA) is 78.9 Å². The van der Waals surface area contributed by atoms with Crippen molar-refractivity contribution >= 4 is 17.9 Å². The highest BCUT2D eigenvalue weighted by atomic mass is 19.4. The summed E-state index contributed by atoms with van der Waals surface area (Å²) in [5.41, 5.74) is -2.97. The van der Waals surface area contributed by atoms with Crippen molar-refractivity contribution in [3.05, 3.63) is 0 Å². The van der Waals surface area contributed by atoms with Crippen molar-refractivity contribution < 1.29 is 94.5 Å². The Labute approximate surface area is 188 Å². The molecule has 0 aromatic heterocycles. The van der Waals surface area contributed by atoms with Crippen molar-refractivity contribution in [3.63, 3.8) is 0 Å². The van der Waals surface area contributed by atoms with Gasteiger partial charge in [-0.3, -0.25) is 0 Å². The van der Waals surface area contributed by atoms with E-state index in [1.54, 1.807) is 0 Å². The van der Waals surface area contributed by atoms with Gasteiger partial charge in [-0.05, 0) is 6.42 Å². The molecule has 212 valence electrons. The molecule has 0 spiro atoms. The van der Waals surface area contributed by atoms with E-state index in [9.17, 15) is 80.2 Å². The van der Waals surface area contributed by atoms with Crippen LogP contribution in [0.15, 0.2) is 0 Å². The Morgan fingerprint density at radius 3 is 0.806 bits per heavy atom. The van der Waals surface area contributed by atoms with Crippen molar-refractivity contribution in [2.75, 3.05) is 19.8 Å². The fourth-order valence-corrected chi connectivity index (χ4v) is 1.71. The third kappa shape index (κ3) is 7.20. The molecule has 0 heterocycles. The zero-order valence-electron chi connectivity index (χ0n) is 16.9.